The van der Waals surface area contributed by atoms with Crippen molar-refractivity contribution in [2.45, 2.75) is 19.4 Å². The number of halogens is 1. The molecular weight excluding hydrogens is 345 g/mol. The van der Waals surface area contributed by atoms with E-state index in [2.05, 4.69) is 24.4 Å². The minimum atomic E-state index is -0.306. The summed E-state index contributed by atoms with van der Waals surface area (Å²) in [5.41, 5.74) is 3.01. The number of nitrogens with zero attached hydrogens (tertiary/aromatic N) is 1. The van der Waals surface area contributed by atoms with Crippen LogP contribution in [0.4, 0.5) is 4.39 Å². The molecule has 27 heavy (non-hydrogen) atoms. The van der Waals surface area contributed by atoms with Crippen molar-refractivity contribution < 1.29 is 19.3 Å². The van der Waals surface area contributed by atoms with E-state index < -0.39 is 0 Å². The van der Waals surface area contributed by atoms with Crippen molar-refractivity contribution in [1.29, 1.82) is 0 Å². The Bertz CT molecular complexity index is 777. The molecule has 0 aliphatic rings. The van der Waals surface area contributed by atoms with Gasteiger partial charge in [-0.15, -0.1) is 0 Å². The number of carbonyl (C=O) groups is 2. The summed E-state index contributed by atoms with van der Waals surface area (Å²) in [6.07, 6.45) is 0.942. The van der Waals surface area contributed by atoms with Gasteiger partial charge in [-0.25, -0.2) is 4.39 Å². The number of amides is 2. The Hall–Kier alpha value is -2.73. The van der Waals surface area contributed by atoms with Crippen LogP contribution in [0, 0.1) is 5.82 Å². The van der Waals surface area contributed by atoms with Gasteiger partial charge in [-0.1, -0.05) is 43.3 Å². The van der Waals surface area contributed by atoms with Crippen molar-refractivity contribution in [1.82, 2.24) is 10.2 Å². The summed E-state index contributed by atoms with van der Waals surface area (Å²) >= 11 is 0. The van der Waals surface area contributed by atoms with Crippen molar-refractivity contribution in [3.05, 3.63) is 71.0 Å². The topological polar surface area (TPSA) is 66.0 Å². The van der Waals surface area contributed by atoms with Gasteiger partial charge in [0.25, 0.3) is 5.91 Å². The molecule has 2 amide bonds. The zero-order valence-corrected chi connectivity index (χ0v) is 16.0. The lowest BCUT2D eigenvalue weighted by Crippen LogP contribution is -2.87. The van der Waals surface area contributed by atoms with Crippen molar-refractivity contribution in [3.8, 4) is 0 Å². The number of quaternary nitrogens is 1. The average molecular weight is 372 g/mol. The third kappa shape index (κ3) is 5.89. The van der Waals surface area contributed by atoms with E-state index >= 15 is 0 Å². The van der Waals surface area contributed by atoms with Crippen molar-refractivity contribution in [2.75, 3.05) is 27.2 Å². The van der Waals surface area contributed by atoms with E-state index in [9.17, 15) is 14.0 Å². The molecule has 0 radical (unpaired) electrons. The van der Waals surface area contributed by atoms with Crippen LogP contribution in [0.25, 0.3) is 0 Å². The molecule has 2 aromatic carbocycles. The van der Waals surface area contributed by atoms with E-state index in [-0.39, 0.29) is 36.8 Å². The van der Waals surface area contributed by atoms with E-state index in [4.69, 9.17) is 0 Å². The SMILES string of the molecule is CCc1ccc([C@@H]([NH2+]CC(=O)N(C)CC(=O)NC)c2cccc(F)c2)cc1. The Morgan fingerprint density at radius 2 is 1.85 bits per heavy atom. The lowest BCUT2D eigenvalue weighted by Gasteiger charge is -2.20. The first-order chi connectivity index (χ1) is 12.9. The van der Waals surface area contributed by atoms with Crippen LogP contribution < -0.4 is 10.6 Å². The van der Waals surface area contributed by atoms with Crippen molar-refractivity contribution in [3.63, 3.8) is 0 Å². The number of rotatable bonds is 8. The molecule has 0 spiro atoms. The Morgan fingerprint density at radius 1 is 1.15 bits per heavy atom. The maximum atomic E-state index is 13.7. The average Bonchev–Trinajstić information content (AvgIpc) is 2.68. The maximum Gasteiger partial charge on any atom is 0.277 e. The number of carbonyl (C=O) groups excluding carboxylic acids is 2. The molecule has 0 saturated carbocycles. The summed E-state index contributed by atoms with van der Waals surface area (Å²) in [5, 5.41) is 4.37. The van der Waals surface area contributed by atoms with Crippen molar-refractivity contribution in [2.24, 2.45) is 0 Å². The molecule has 144 valence electrons. The second-order valence-electron chi connectivity index (χ2n) is 6.49. The smallest absolute Gasteiger partial charge is 0.277 e. The van der Waals surface area contributed by atoms with Gasteiger partial charge in [-0.3, -0.25) is 9.59 Å². The molecule has 6 heteroatoms. The quantitative estimate of drug-likeness (QED) is 0.732. The number of aryl methyl sites for hydroxylation is 1. The zero-order chi connectivity index (χ0) is 19.8. The molecular formula is C21H27FN3O2+. The summed E-state index contributed by atoms with van der Waals surface area (Å²) in [7, 11) is 3.13. The molecule has 0 fully saturated rings. The highest BCUT2D eigenvalue weighted by Crippen LogP contribution is 2.20. The summed E-state index contributed by atoms with van der Waals surface area (Å²) in [5.74, 6) is -0.688. The molecule has 0 aliphatic heterocycles. The van der Waals surface area contributed by atoms with Gasteiger partial charge >= 0.3 is 0 Å². The maximum absolute atomic E-state index is 13.7. The Kier molecular flexibility index (Phi) is 7.49. The first-order valence-electron chi connectivity index (χ1n) is 9.06. The standard InChI is InChI=1S/C21H26FN3O2/c1-4-15-8-10-16(11-9-15)21(17-6-5-7-18(22)12-17)24-13-20(27)25(3)14-19(26)23-2/h5-12,21,24H,4,13-14H2,1-3H3,(H,23,26)/p+1/t21-/m1/s1. The van der Waals surface area contributed by atoms with E-state index in [0.29, 0.717) is 0 Å². The van der Waals surface area contributed by atoms with Crippen LogP contribution in [0.3, 0.4) is 0 Å². The van der Waals surface area contributed by atoms with Gasteiger partial charge in [-0.05, 0) is 24.1 Å². The molecule has 0 bridgehead atoms. The van der Waals surface area contributed by atoms with Crippen LogP contribution >= 0.6 is 0 Å². The number of hydrogen-bond acceptors (Lipinski definition) is 2. The summed E-state index contributed by atoms with van der Waals surface area (Å²) in [4.78, 5) is 25.2. The minimum absolute atomic E-state index is 0.0129. The molecule has 5 nitrogen and oxygen atoms in total. The monoisotopic (exact) mass is 372 g/mol. The third-order valence-corrected chi connectivity index (χ3v) is 4.57. The highest BCUT2D eigenvalue weighted by atomic mass is 19.1. The Labute approximate surface area is 159 Å². The van der Waals surface area contributed by atoms with E-state index in [1.807, 2.05) is 23.5 Å². The number of benzene rings is 2. The highest BCUT2D eigenvalue weighted by molar-refractivity contribution is 5.84. The molecule has 0 saturated heterocycles. The van der Waals surface area contributed by atoms with Gasteiger partial charge in [0, 0.05) is 25.2 Å². The largest absolute Gasteiger partial charge is 0.358 e. The first-order valence-corrected chi connectivity index (χ1v) is 9.06. The highest BCUT2D eigenvalue weighted by Gasteiger charge is 2.21. The van der Waals surface area contributed by atoms with Crippen LogP contribution in [-0.2, 0) is 16.0 Å². The van der Waals surface area contributed by atoms with Gasteiger partial charge < -0.3 is 15.5 Å². The van der Waals surface area contributed by atoms with Crippen LogP contribution in [0.5, 0.6) is 0 Å². The predicted molar refractivity (Wildman–Crippen MR) is 103 cm³/mol. The van der Waals surface area contributed by atoms with Gasteiger partial charge in [0.15, 0.2) is 6.54 Å². The molecule has 0 unspecified atom stereocenters. The van der Waals surface area contributed by atoms with Gasteiger partial charge in [0.2, 0.25) is 5.91 Å². The summed E-state index contributed by atoms with van der Waals surface area (Å²) < 4.78 is 13.7. The van der Waals surface area contributed by atoms with E-state index in [0.717, 1.165) is 17.5 Å². The van der Waals surface area contributed by atoms with E-state index in [1.165, 1.54) is 29.6 Å². The molecule has 0 aliphatic carbocycles. The molecule has 1 atom stereocenters. The predicted octanol–water partition coefficient (Wildman–Crippen LogP) is 1.25. The fourth-order valence-electron chi connectivity index (χ4n) is 2.88. The fourth-order valence-corrected chi connectivity index (χ4v) is 2.88. The molecule has 0 aromatic heterocycles. The Balaban J connectivity index is 2.17. The van der Waals surface area contributed by atoms with Crippen LogP contribution in [0.15, 0.2) is 48.5 Å². The van der Waals surface area contributed by atoms with Gasteiger partial charge in [0.05, 0.1) is 6.54 Å². The lowest BCUT2D eigenvalue weighted by atomic mass is 9.97. The molecule has 0 heterocycles. The number of nitrogens with two attached hydrogens (primary N) is 1. The van der Waals surface area contributed by atoms with Crippen LogP contribution in [0.2, 0.25) is 0 Å². The zero-order valence-electron chi connectivity index (χ0n) is 16.0. The van der Waals surface area contributed by atoms with E-state index in [1.54, 1.807) is 13.1 Å². The van der Waals surface area contributed by atoms with Crippen LogP contribution in [-0.4, -0.2) is 43.9 Å². The molecule has 2 rings (SSSR count). The van der Waals surface area contributed by atoms with Crippen molar-refractivity contribution >= 4 is 11.8 Å². The fraction of sp³-hybridized carbons (Fsp3) is 0.333. The van der Waals surface area contributed by atoms with Gasteiger partial charge in [-0.2, -0.15) is 0 Å². The second-order valence-corrected chi connectivity index (χ2v) is 6.49. The lowest BCUT2D eigenvalue weighted by molar-refractivity contribution is -0.677. The number of nitrogens with one attached hydrogen (secondary N) is 1. The molecule has 2 aromatic rings. The summed E-state index contributed by atoms with van der Waals surface area (Å²) in [6, 6.07) is 14.4. The minimum Gasteiger partial charge on any atom is -0.358 e. The van der Waals surface area contributed by atoms with Gasteiger partial charge in [0.1, 0.15) is 11.9 Å². The normalized spacial score (nSPS) is 11.7. The third-order valence-electron chi connectivity index (χ3n) is 4.57. The number of hydrogen-bond donors (Lipinski definition) is 2. The number of likely N-dealkylation sites (N-methyl/N-ethyl adjacent to an activating group) is 2. The molecule has 3 N–H and O–H groups in total. The van der Waals surface area contributed by atoms with Crippen LogP contribution in [0.1, 0.15) is 29.7 Å². The summed E-state index contributed by atoms with van der Waals surface area (Å²) in [6.45, 7) is 2.26. The Morgan fingerprint density at radius 3 is 2.44 bits per heavy atom. The first kappa shape index (κ1) is 20.6. The second kappa shape index (κ2) is 9.83.